The zero-order chi connectivity index (χ0) is 23.5. The number of aryl methyl sites for hydroxylation is 1. The van der Waals surface area contributed by atoms with Crippen molar-refractivity contribution in [3.8, 4) is 0 Å². The lowest BCUT2D eigenvalue weighted by Crippen LogP contribution is -2.48. The summed E-state index contributed by atoms with van der Waals surface area (Å²) in [5.41, 5.74) is 3.03. The molecule has 2 rings (SSSR count). The minimum absolute atomic E-state index is 0.0437. The number of nitrogens with one attached hydrogen (secondary N) is 1. The van der Waals surface area contributed by atoms with Crippen molar-refractivity contribution in [3.63, 3.8) is 0 Å². The maximum Gasteiger partial charge on any atom is 0.269 e. The number of hydrogen-bond acceptors (Lipinski definition) is 5. The van der Waals surface area contributed by atoms with Crippen LogP contribution in [0.15, 0.2) is 48.5 Å². The van der Waals surface area contributed by atoms with Crippen LogP contribution in [0.5, 0.6) is 0 Å². The molecule has 0 radical (unpaired) electrons. The van der Waals surface area contributed by atoms with Crippen molar-refractivity contribution in [2.24, 2.45) is 0 Å². The predicted octanol–water partition coefficient (Wildman–Crippen LogP) is 4.47. The van der Waals surface area contributed by atoms with E-state index in [-0.39, 0.29) is 23.3 Å². The molecule has 0 aromatic heterocycles. The van der Waals surface area contributed by atoms with Gasteiger partial charge >= 0.3 is 0 Å². The number of nitrogens with zero attached hydrogens (tertiary/aromatic N) is 2. The molecular weight excluding hydrogens is 426 g/mol. The van der Waals surface area contributed by atoms with Crippen LogP contribution in [-0.4, -0.2) is 40.0 Å². The summed E-state index contributed by atoms with van der Waals surface area (Å²) in [5.74, 6) is 0.508. The summed E-state index contributed by atoms with van der Waals surface area (Å²) >= 11 is 1.43. The highest BCUT2D eigenvalue weighted by atomic mass is 32.2. The van der Waals surface area contributed by atoms with E-state index in [1.54, 1.807) is 24.0 Å². The highest BCUT2D eigenvalue weighted by Gasteiger charge is 2.26. The number of rotatable bonds is 12. The van der Waals surface area contributed by atoms with Gasteiger partial charge in [-0.05, 0) is 37.0 Å². The molecule has 0 saturated carbocycles. The number of non-ortho nitro benzene ring substituents is 1. The van der Waals surface area contributed by atoms with E-state index in [0.717, 1.165) is 29.5 Å². The summed E-state index contributed by atoms with van der Waals surface area (Å²) in [6.07, 6.45) is 1.88. The average Bonchev–Trinajstić information content (AvgIpc) is 2.78. The number of amides is 2. The fourth-order valence-electron chi connectivity index (χ4n) is 3.14. The lowest BCUT2D eigenvalue weighted by atomic mass is 10.1. The molecule has 2 amide bonds. The molecule has 0 aliphatic heterocycles. The quantitative estimate of drug-likeness (QED) is 0.288. The second kappa shape index (κ2) is 12.9. The minimum Gasteiger partial charge on any atom is -0.354 e. The number of carbonyl (C=O) groups is 2. The first-order chi connectivity index (χ1) is 15.3. The van der Waals surface area contributed by atoms with Crippen LogP contribution in [0.1, 0.15) is 43.4 Å². The highest BCUT2D eigenvalue weighted by molar-refractivity contribution is 7.99. The van der Waals surface area contributed by atoms with Crippen molar-refractivity contribution >= 4 is 29.3 Å². The molecule has 8 heteroatoms. The van der Waals surface area contributed by atoms with Crippen LogP contribution in [0, 0.1) is 17.0 Å². The van der Waals surface area contributed by atoms with Crippen molar-refractivity contribution < 1.29 is 14.5 Å². The van der Waals surface area contributed by atoms with Gasteiger partial charge in [0.1, 0.15) is 6.04 Å². The van der Waals surface area contributed by atoms with Gasteiger partial charge in [-0.2, -0.15) is 0 Å². The fourth-order valence-corrected chi connectivity index (χ4v) is 4.01. The van der Waals surface area contributed by atoms with Gasteiger partial charge in [0, 0.05) is 31.0 Å². The van der Waals surface area contributed by atoms with E-state index in [9.17, 15) is 19.7 Å². The molecule has 0 bridgehead atoms. The molecule has 2 aromatic carbocycles. The van der Waals surface area contributed by atoms with Gasteiger partial charge in [0.05, 0.1) is 10.7 Å². The van der Waals surface area contributed by atoms with Gasteiger partial charge in [0.2, 0.25) is 11.8 Å². The van der Waals surface area contributed by atoms with Crippen molar-refractivity contribution in [2.45, 2.75) is 52.0 Å². The fraction of sp³-hybridized carbons (Fsp3) is 0.417. The maximum atomic E-state index is 13.1. The second-order valence-corrected chi connectivity index (χ2v) is 8.67. The van der Waals surface area contributed by atoms with E-state index in [4.69, 9.17) is 0 Å². The SMILES string of the molecule is CCCCNC(=O)[C@H](C)N(Cc1ccccc1C)C(=O)CSCc1ccc([N+](=O)[O-])cc1. The van der Waals surface area contributed by atoms with Crippen LogP contribution >= 0.6 is 11.8 Å². The third-order valence-electron chi connectivity index (χ3n) is 5.24. The summed E-state index contributed by atoms with van der Waals surface area (Å²) in [6, 6.07) is 13.6. The Balaban J connectivity index is 2.04. The number of nitro benzene ring substituents is 1. The van der Waals surface area contributed by atoms with E-state index in [0.29, 0.717) is 18.8 Å². The van der Waals surface area contributed by atoms with Crippen LogP contribution in [0.3, 0.4) is 0 Å². The third-order valence-corrected chi connectivity index (χ3v) is 6.23. The molecule has 32 heavy (non-hydrogen) atoms. The summed E-state index contributed by atoms with van der Waals surface area (Å²) < 4.78 is 0. The topological polar surface area (TPSA) is 92.6 Å². The van der Waals surface area contributed by atoms with Gasteiger partial charge in [-0.25, -0.2) is 0 Å². The van der Waals surface area contributed by atoms with E-state index < -0.39 is 11.0 Å². The van der Waals surface area contributed by atoms with Gasteiger partial charge in [-0.15, -0.1) is 11.8 Å². The van der Waals surface area contributed by atoms with Crippen LogP contribution < -0.4 is 5.32 Å². The molecule has 172 valence electrons. The Bertz CT molecular complexity index is 918. The Labute approximate surface area is 193 Å². The molecule has 0 heterocycles. The Morgan fingerprint density at radius 2 is 1.84 bits per heavy atom. The molecule has 0 aliphatic rings. The second-order valence-electron chi connectivity index (χ2n) is 7.69. The van der Waals surface area contributed by atoms with Gasteiger partial charge in [-0.1, -0.05) is 49.7 Å². The predicted molar refractivity (Wildman–Crippen MR) is 128 cm³/mol. The average molecular weight is 458 g/mol. The monoisotopic (exact) mass is 457 g/mol. The van der Waals surface area contributed by atoms with E-state index in [1.807, 2.05) is 31.2 Å². The minimum atomic E-state index is -0.584. The molecule has 1 N–H and O–H groups in total. The van der Waals surface area contributed by atoms with Crippen molar-refractivity contribution in [1.29, 1.82) is 0 Å². The first-order valence-corrected chi connectivity index (χ1v) is 11.9. The molecule has 0 unspecified atom stereocenters. The van der Waals surface area contributed by atoms with Crippen LogP contribution in [0.2, 0.25) is 0 Å². The highest BCUT2D eigenvalue weighted by Crippen LogP contribution is 2.19. The van der Waals surface area contributed by atoms with Gasteiger partial charge in [0.15, 0.2) is 0 Å². The molecule has 0 aliphatic carbocycles. The Kier molecular flexibility index (Phi) is 10.2. The van der Waals surface area contributed by atoms with Gasteiger partial charge < -0.3 is 10.2 Å². The maximum absolute atomic E-state index is 13.1. The van der Waals surface area contributed by atoms with Crippen LogP contribution in [-0.2, 0) is 21.9 Å². The molecule has 1 atom stereocenters. The van der Waals surface area contributed by atoms with Crippen molar-refractivity contribution in [3.05, 3.63) is 75.3 Å². The number of hydrogen-bond donors (Lipinski definition) is 1. The van der Waals surface area contributed by atoms with E-state index >= 15 is 0 Å². The zero-order valence-electron chi connectivity index (χ0n) is 18.9. The number of unbranched alkanes of at least 4 members (excludes halogenated alkanes) is 1. The molecule has 0 saturated heterocycles. The third kappa shape index (κ3) is 7.67. The Morgan fingerprint density at radius 3 is 2.47 bits per heavy atom. The Morgan fingerprint density at radius 1 is 1.16 bits per heavy atom. The zero-order valence-corrected chi connectivity index (χ0v) is 19.7. The number of carbonyl (C=O) groups excluding carboxylic acids is 2. The number of thioether (sulfide) groups is 1. The van der Waals surface area contributed by atoms with E-state index in [1.165, 1.54) is 23.9 Å². The molecule has 0 spiro atoms. The summed E-state index contributed by atoms with van der Waals surface area (Å²) in [4.78, 5) is 37.7. The smallest absolute Gasteiger partial charge is 0.269 e. The molecule has 2 aromatic rings. The largest absolute Gasteiger partial charge is 0.354 e. The number of nitro groups is 1. The van der Waals surface area contributed by atoms with E-state index in [2.05, 4.69) is 12.2 Å². The van der Waals surface area contributed by atoms with Crippen molar-refractivity contribution in [2.75, 3.05) is 12.3 Å². The van der Waals surface area contributed by atoms with Crippen LogP contribution in [0.25, 0.3) is 0 Å². The first kappa shape index (κ1) is 25.4. The van der Waals surface area contributed by atoms with Gasteiger partial charge in [0.25, 0.3) is 5.69 Å². The lowest BCUT2D eigenvalue weighted by molar-refractivity contribution is -0.384. The van der Waals surface area contributed by atoms with Crippen molar-refractivity contribution in [1.82, 2.24) is 10.2 Å². The summed E-state index contributed by atoms with van der Waals surface area (Å²) in [6.45, 7) is 6.78. The normalized spacial score (nSPS) is 11.6. The van der Waals surface area contributed by atoms with Crippen LogP contribution in [0.4, 0.5) is 5.69 Å². The summed E-state index contributed by atoms with van der Waals surface area (Å²) in [5, 5.41) is 13.7. The standard InChI is InChI=1S/C24H31N3O4S/c1-4-5-14-25-24(29)19(3)26(15-21-9-7-6-8-18(21)2)23(28)17-32-16-20-10-12-22(13-11-20)27(30)31/h6-13,19H,4-5,14-17H2,1-3H3,(H,25,29)/t19-/m0/s1. The lowest BCUT2D eigenvalue weighted by Gasteiger charge is -2.29. The first-order valence-electron chi connectivity index (χ1n) is 10.8. The molecule has 7 nitrogen and oxygen atoms in total. The Hall–Kier alpha value is -2.87. The molecule has 0 fully saturated rings. The summed E-state index contributed by atoms with van der Waals surface area (Å²) in [7, 11) is 0. The number of benzene rings is 2. The molecular formula is C24H31N3O4S. The van der Waals surface area contributed by atoms with Gasteiger partial charge in [-0.3, -0.25) is 19.7 Å².